The highest BCUT2D eigenvalue weighted by molar-refractivity contribution is 5.79. The minimum absolute atomic E-state index is 0.373. The molecule has 2 fully saturated rings. The van der Waals surface area contributed by atoms with E-state index in [0.717, 1.165) is 31.3 Å². The van der Waals surface area contributed by atoms with Crippen LogP contribution < -0.4 is 15.4 Å². The van der Waals surface area contributed by atoms with Crippen LogP contribution in [0.25, 0.3) is 0 Å². The van der Waals surface area contributed by atoms with Crippen LogP contribution in [-0.4, -0.2) is 74.7 Å². The number of hydrogen-bond donors (Lipinski definition) is 2. The van der Waals surface area contributed by atoms with Crippen LogP contribution >= 0.6 is 0 Å². The number of piperazine rings is 1. The van der Waals surface area contributed by atoms with Crippen LogP contribution in [0.2, 0.25) is 0 Å². The number of aliphatic imine (C=N–C) groups is 1. The van der Waals surface area contributed by atoms with E-state index in [1.54, 1.807) is 0 Å². The van der Waals surface area contributed by atoms with Crippen LogP contribution in [0, 0.1) is 12.8 Å². The summed E-state index contributed by atoms with van der Waals surface area (Å²) in [5.74, 6) is 2.46. The maximum Gasteiger partial charge on any atom is 0.191 e. The Kier molecular flexibility index (Phi) is 9.47. The number of hydrogen-bond acceptors (Lipinski definition) is 4. The number of rotatable bonds is 9. The molecule has 31 heavy (non-hydrogen) atoms. The van der Waals surface area contributed by atoms with Crippen LogP contribution in [0.5, 0.6) is 5.75 Å². The van der Waals surface area contributed by atoms with Crippen molar-refractivity contribution in [1.29, 1.82) is 0 Å². The molecule has 1 aliphatic carbocycles. The molecule has 174 valence electrons. The van der Waals surface area contributed by atoms with Gasteiger partial charge in [0.2, 0.25) is 0 Å². The van der Waals surface area contributed by atoms with E-state index in [-0.39, 0.29) is 0 Å². The molecular formula is C25H43N5O. The normalized spacial score (nSPS) is 20.1. The van der Waals surface area contributed by atoms with Gasteiger partial charge in [0.15, 0.2) is 5.96 Å². The lowest BCUT2D eigenvalue weighted by Gasteiger charge is -2.35. The number of benzene rings is 1. The number of aryl methyl sites for hydroxylation is 1. The Labute approximate surface area is 189 Å². The molecule has 6 nitrogen and oxygen atoms in total. The molecule has 2 aliphatic rings. The predicted molar refractivity (Wildman–Crippen MR) is 130 cm³/mol. The molecule has 1 saturated heterocycles. The standard InChI is InChI=1S/C25H43N5O/c1-5-29-12-14-30(15-13-29)19-21(3)17-27-25(26-4)28-18-22-11-10-20(2)16-24(22)31-23-8-6-7-9-23/h10-11,16,21,23H,5-9,12-15,17-19H2,1-4H3,(H2,26,27,28). The number of nitrogens with zero attached hydrogens (tertiary/aromatic N) is 3. The monoisotopic (exact) mass is 429 g/mol. The molecule has 0 amide bonds. The van der Waals surface area contributed by atoms with Crippen molar-refractivity contribution in [2.75, 3.05) is 52.9 Å². The molecule has 2 N–H and O–H groups in total. The third-order valence-electron chi connectivity index (χ3n) is 6.59. The fourth-order valence-corrected chi connectivity index (χ4v) is 4.57. The SMILES string of the molecule is CCN1CCN(CC(C)CNC(=NC)NCc2ccc(C)cc2OC2CCCC2)CC1. The van der Waals surface area contributed by atoms with Crippen molar-refractivity contribution in [2.45, 2.75) is 59.1 Å². The van der Waals surface area contributed by atoms with Crippen molar-refractivity contribution in [3.05, 3.63) is 29.3 Å². The Hall–Kier alpha value is -1.79. The molecule has 1 aromatic carbocycles. The summed E-state index contributed by atoms with van der Waals surface area (Å²) in [6.07, 6.45) is 5.29. The third kappa shape index (κ3) is 7.69. The molecule has 1 atom stereocenters. The number of ether oxygens (including phenoxy) is 1. The second-order valence-electron chi connectivity index (χ2n) is 9.28. The van der Waals surface area contributed by atoms with Gasteiger partial charge in [-0.25, -0.2) is 0 Å². The Balaban J connectivity index is 1.44. The van der Waals surface area contributed by atoms with Crippen molar-refractivity contribution < 1.29 is 4.74 Å². The van der Waals surface area contributed by atoms with Crippen molar-refractivity contribution in [3.8, 4) is 5.75 Å². The second kappa shape index (κ2) is 12.3. The van der Waals surface area contributed by atoms with Crippen molar-refractivity contribution in [2.24, 2.45) is 10.9 Å². The lowest BCUT2D eigenvalue weighted by Crippen LogP contribution is -2.48. The number of likely N-dealkylation sites (N-methyl/N-ethyl adjacent to an activating group) is 1. The van der Waals surface area contributed by atoms with E-state index in [0.29, 0.717) is 12.0 Å². The van der Waals surface area contributed by atoms with Gasteiger partial charge in [0.05, 0.1) is 6.10 Å². The summed E-state index contributed by atoms with van der Waals surface area (Å²) in [6.45, 7) is 15.4. The molecule has 0 aromatic heterocycles. The molecule has 3 rings (SSSR count). The second-order valence-corrected chi connectivity index (χ2v) is 9.28. The zero-order valence-electron chi connectivity index (χ0n) is 20.1. The van der Waals surface area contributed by atoms with Crippen LogP contribution in [-0.2, 0) is 6.54 Å². The molecule has 1 unspecified atom stereocenters. The van der Waals surface area contributed by atoms with Crippen molar-refractivity contribution in [3.63, 3.8) is 0 Å². The average Bonchev–Trinajstić information content (AvgIpc) is 3.28. The highest BCUT2D eigenvalue weighted by Gasteiger charge is 2.19. The summed E-state index contributed by atoms with van der Waals surface area (Å²) in [6, 6.07) is 6.51. The van der Waals surface area contributed by atoms with Gasteiger partial charge in [0, 0.05) is 58.4 Å². The molecule has 1 saturated carbocycles. The van der Waals surface area contributed by atoms with Gasteiger partial charge in [-0.1, -0.05) is 26.0 Å². The van der Waals surface area contributed by atoms with E-state index in [2.05, 4.69) is 64.4 Å². The minimum atomic E-state index is 0.373. The van der Waals surface area contributed by atoms with E-state index < -0.39 is 0 Å². The number of guanidine groups is 1. The van der Waals surface area contributed by atoms with Gasteiger partial charge >= 0.3 is 0 Å². The van der Waals surface area contributed by atoms with Gasteiger partial charge in [0.1, 0.15) is 5.75 Å². The molecule has 0 radical (unpaired) electrons. The van der Waals surface area contributed by atoms with E-state index in [1.165, 1.54) is 69.5 Å². The smallest absolute Gasteiger partial charge is 0.191 e. The predicted octanol–water partition coefficient (Wildman–Crippen LogP) is 3.26. The number of nitrogens with one attached hydrogen (secondary N) is 2. The fraction of sp³-hybridized carbons (Fsp3) is 0.720. The Morgan fingerprint density at radius 3 is 2.52 bits per heavy atom. The van der Waals surface area contributed by atoms with Gasteiger partial charge in [-0.2, -0.15) is 0 Å². The van der Waals surface area contributed by atoms with Gasteiger partial charge in [-0.3, -0.25) is 4.99 Å². The quantitative estimate of drug-likeness (QED) is 0.466. The fourth-order valence-electron chi connectivity index (χ4n) is 4.57. The molecule has 0 spiro atoms. The molecular weight excluding hydrogens is 386 g/mol. The summed E-state index contributed by atoms with van der Waals surface area (Å²) < 4.78 is 6.34. The first-order chi connectivity index (χ1) is 15.1. The minimum Gasteiger partial charge on any atom is -0.490 e. The Bertz CT molecular complexity index is 693. The summed E-state index contributed by atoms with van der Waals surface area (Å²) >= 11 is 0. The summed E-state index contributed by atoms with van der Waals surface area (Å²) in [7, 11) is 1.84. The van der Waals surface area contributed by atoms with Crippen LogP contribution in [0.1, 0.15) is 50.7 Å². The summed E-state index contributed by atoms with van der Waals surface area (Å²) in [5, 5.41) is 7.00. The van der Waals surface area contributed by atoms with Gasteiger partial charge < -0.3 is 25.2 Å². The topological polar surface area (TPSA) is 52.1 Å². The van der Waals surface area contributed by atoms with E-state index in [1.807, 2.05) is 7.05 Å². The molecule has 6 heteroatoms. The van der Waals surface area contributed by atoms with Gasteiger partial charge in [-0.05, 0) is 56.7 Å². The maximum absolute atomic E-state index is 6.34. The van der Waals surface area contributed by atoms with Crippen LogP contribution in [0.3, 0.4) is 0 Å². The zero-order chi connectivity index (χ0) is 22.1. The zero-order valence-corrected chi connectivity index (χ0v) is 20.1. The highest BCUT2D eigenvalue weighted by Crippen LogP contribution is 2.27. The summed E-state index contributed by atoms with van der Waals surface area (Å²) in [5.41, 5.74) is 2.44. The van der Waals surface area contributed by atoms with E-state index in [4.69, 9.17) is 4.74 Å². The van der Waals surface area contributed by atoms with Crippen molar-refractivity contribution in [1.82, 2.24) is 20.4 Å². The van der Waals surface area contributed by atoms with Gasteiger partial charge in [-0.15, -0.1) is 0 Å². The first-order valence-corrected chi connectivity index (χ1v) is 12.2. The molecule has 1 aliphatic heterocycles. The highest BCUT2D eigenvalue weighted by atomic mass is 16.5. The molecule has 1 heterocycles. The molecule has 1 aromatic rings. The van der Waals surface area contributed by atoms with Crippen LogP contribution in [0.4, 0.5) is 0 Å². The average molecular weight is 430 g/mol. The first-order valence-electron chi connectivity index (χ1n) is 12.2. The van der Waals surface area contributed by atoms with E-state index in [9.17, 15) is 0 Å². The van der Waals surface area contributed by atoms with E-state index >= 15 is 0 Å². The van der Waals surface area contributed by atoms with Crippen LogP contribution in [0.15, 0.2) is 23.2 Å². The Morgan fingerprint density at radius 1 is 1.13 bits per heavy atom. The first kappa shape index (κ1) is 23.9. The van der Waals surface area contributed by atoms with Gasteiger partial charge in [0.25, 0.3) is 0 Å². The Morgan fingerprint density at radius 2 is 1.84 bits per heavy atom. The lowest BCUT2D eigenvalue weighted by molar-refractivity contribution is 0.124. The lowest BCUT2D eigenvalue weighted by atomic mass is 10.1. The van der Waals surface area contributed by atoms with Crippen molar-refractivity contribution >= 4 is 5.96 Å². The molecule has 0 bridgehead atoms. The third-order valence-corrected chi connectivity index (χ3v) is 6.59. The summed E-state index contributed by atoms with van der Waals surface area (Å²) in [4.78, 5) is 9.55. The largest absolute Gasteiger partial charge is 0.490 e. The maximum atomic E-state index is 6.34.